The number of aromatic hydroxyl groups is 1. The van der Waals surface area contributed by atoms with Crippen molar-refractivity contribution < 1.29 is 19.0 Å². The predicted octanol–water partition coefficient (Wildman–Crippen LogP) is 5.49. The molecule has 0 saturated heterocycles. The Morgan fingerprint density at radius 1 is 1.33 bits per heavy atom. The molecule has 0 bridgehead atoms. The number of alkyl carbamates (subject to hydrolysis) is 1. The van der Waals surface area contributed by atoms with Crippen LogP contribution in [0.1, 0.15) is 45.6 Å². The minimum Gasteiger partial charge on any atom is -0.505 e. The molecule has 2 aromatic heterocycles. The van der Waals surface area contributed by atoms with Crippen LogP contribution >= 0.6 is 27.5 Å². The fourth-order valence-electron chi connectivity index (χ4n) is 4.09. The fourth-order valence-corrected chi connectivity index (χ4v) is 4.71. The highest BCUT2D eigenvalue weighted by Crippen LogP contribution is 2.33. The van der Waals surface area contributed by atoms with Crippen LogP contribution in [0.15, 0.2) is 40.1 Å². The van der Waals surface area contributed by atoms with Crippen molar-refractivity contribution in [3.8, 4) is 5.75 Å². The van der Waals surface area contributed by atoms with E-state index in [0.29, 0.717) is 17.7 Å². The van der Waals surface area contributed by atoms with Gasteiger partial charge < -0.3 is 26.2 Å². The van der Waals surface area contributed by atoms with E-state index < -0.39 is 23.3 Å². The Morgan fingerprint density at radius 2 is 2.06 bits per heavy atom. The van der Waals surface area contributed by atoms with Crippen molar-refractivity contribution in [3.63, 3.8) is 0 Å². The molecule has 1 aliphatic rings. The Labute approximate surface area is 221 Å². The van der Waals surface area contributed by atoms with Crippen LogP contribution in [0.4, 0.5) is 20.6 Å². The van der Waals surface area contributed by atoms with Gasteiger partial charge in [-0.3, -0.25) is 0 Å². The number of aromatic nitrogens is 2. The van der Waals surface area contributed by atoms with Gasteiger partial charge in [-0.2, -0.15) is 5.10 Å². The van der Waals surface area contributed by atoms with Crippen LogP contribution in [0.5, 0.6) is 5.75 Å². The molecule has 2 atom stereocenters. The van der Waals surface area contributed by atoms with Gasteiger partial charge in [-0.05, 0) is 62.0 Å². The van der Waals surface area contributed by atoms with Gasteiger partial charge in [-0.1, -0.05) is 11.6 Å². The summed E-state index contributed by atoms with van der Waals surface area (Å²) >= 11 is 9.61. The van der Waals surface area contributed by atoms with E-state index in [1.165, 1.54) is 0 Å². The van der Waals surface area contributed by atoms with Gasteiger partial charge in [0.15, 0.2) is 11.6 Å². The summed E-state index contributed by atoms with van der Waals surface area (Å²) in [6.07, 6.45) is 5.21. The Bertz CT molecular complexity index is 1340. The lowest BCUT2D eigenvalue weighted by Crippen LogP contribution is -2.38. The molecule has 2 heterocycles. The Kier molecular flexibility index (Phi) is 7.33. The zero-order valence-electron chi connectivity index (χ0n) is 20.0. The number of aliphatic imine (C=N–C) groups is 1. The monoisotopic (exact) mass is 580 g/mol. The number of phenols is 1. The number of carbonyl (C=O) groups excluding carboxylic acids is 1. The van der Waals surface area contributed by atoms with Crippen LogP contribution in [0.2, 0.25) is 5.02 Å². The molecular weight excluding hydrogens is 555 g/mol. The van der Waals surface area contributed by atoms with Crippen molar-refractivity contribution in [3.05, 3.63) is 51.5 Å². The maximum absolute atomic E-state index is 13.9. The first kappa shape index (κ1) is 26.0. The molecule has 1 aromatic carbocycles. The maximum Gasteiger partial charge on any atom is 0.407 e. The lowest BCUT2D eigenvalue weighted by molar-refractivity contribution is 0.0505. The molecule has 0 aliphatic heterocycles. The Hall–Kier alpha value is -3.05. The molecule has 9 nitrogen and oxygen atoms in total. The molecule has 1 saturated carbocycles. The van der Waals surface area contributed by atoms with E-state index in [4.69, 9.17) is 22.1 Å². The van der Waals surface area contributed by atoms with Gasteiger partial charge >= 0.3 is 6.09 Å². The second-order valence-corrected chi connectivity index (χ2v) is 11.0. The minimum atomic E-state index is -0.858. The van der Waals surface area contributed by atoms with Gasteiger partial charge in [-0.25, -0.2) is 18.7 Å². The van der Waals surface area contributed by atoms with E-state index in [2.05, 4.69) is 36.7 Å². The third-order valence-electron chi connectivity index (χ3n) is 5.64. The van der Waals surface area contributed by atoms with E-state index in [1.807, 2.05) is 33.0 Å². The number of carbonyl (C=O) groups is 1. The molecule has 5 N–H and O–H groups in total. The molecule has 1 aliphatic carbocycles. The number of nitrogens with two attached hydrogens (primary N) is 1. The third-order valence-corrected chi connectivity index (χ3v) is 6.38. The van der Waals surface area contributed by atoms with Crippen molar-refractivity contribution in [2.24, 2.45) is 10.7 Å². The summed E-state index contributed by atoms with van der Waals surface area (Å²) < 4.78 is 21.8. The van der Waals surface area contributed by atoms with Gasteiger partial charge in [0.25, 0.3) is 0 Å². The molecular formula is C24H27BrClFN6O3. The van der Waals surface area contributed by atoms with E-state index in [9.17, 15) is 14.3 Å². The second kappa shape index (κ2) is 10.1. The lowest BCUT2D eigenvalue weighted by Gasteiger charge is -2.22. The number of fused-ring (bicyclic) bond motifs is 1. The highest BCUT2D eigenvalue weighted by atomic mass is 79.9. The standard InChI is InChI=1S/C24H27BrClFN6O3/c1-24(2,3)36-23(35)31-14-5-4-13(7-14)30-21-15(10-29-33-11-12(25)6-19(21)33)22(28)32-18-9-17(27)20(34)8-16(18)26/h6,8-11,13-14,30,34H,4-5,7H2,1-3H3,(H2,28,32)(H,31,35)/t13-,14+/m1/s1. The Balaban J connectivity index is 1.61. The van der Waals surface area contributed by atoms with E-state index >= 15 is 0 Å². The number of anilines is 1. The van der Waals surface area contributed by atoms with E-state index in [-0.39, 0.29) is 28.6 Å². The largest absolute Gasteiger partial charge is 0.505 e. The minimum absolute atomic E-state index is 0.0334. The van der Waals surface area contributed by atoms with Gasteiger partial charge in [0.1, 0.15) is 11.4 Å². The number of hydrogen-bond acceptors (Lipinski definition) is 6. The SMILES string of the molecule is CC(C)(C)OC(=O)N[C@H]1CC[C@@H](Nc2c(C(N)=Nc3cc(F)c(O)cc3Cl)cnn3cc(Br)cc23)C1. The smallest absolute Gasteiger partial charge is 0.407 e. The van der Waals surface area contributed by atoms with Gasteiger partial charge in [0.2, 0.25) is 0 Å². The average molecular weight is 582 g/mol. The number of nitrogens with zero attached hydrogens (tertiary/aromatic N) is 3. The van der Waals surface area contributed by atoms with E-state index in [1.54, 1.807) is 10.7 Å². The predicted molar refractivity (Wildman–Crippen MR) is 141 cm³/mol. The summed E-state index contributed by atoms with van der Waals surface area (Å²) in [6, 6.07) is 3.98. The summed E-state index contributed by atoms with van der Waals surface area (Å²) in [5, 5.41) is 20.5. The number of amidine groups is 1. The molecule has 12 heteroatoms. The molecule has 4 rings (SSSR count). The number of rotatable bonds is 5. The topological polar surface area (TPSA) is 126 Å². The molecule has 0 spiro atoms. The summed E-state index contributed by atoms with van der Waals surface area (Å²) in [6.45, 7) is 5.47. The maximum atomic E-state index is 13.9. The fraction of sp³-hybridized carbons (Fsp3) is 0.375. The molecule has 0 unspecified atom stereocenters. The number of phenolic OH excluding ortho intramolecular Hbond substituents is 1. The van der Waals surface area contributed by atoms with Gasteiger partial charge in [-0.15, -0.1) is 0 Å². The number of benzene rings is 1. The molecule has 0 radical (unpaired) electrons. The second-order valence-electron chi connectivity index (χ2n) is 9.67. The summed E-state index contributed by atoms with van der Waals surface area (Å²) in [5.74, 6) is -1.36. The lowest BCUT2D eigenvalue weighted by atomic mass is 10.1. The van der Waals surface area contributed by atoms with Crippen LogP contribution in [-0.4, -0.2) is 44.3 Å². The Morgan fingerprint density at radius 3 is 2.78 bits per heavy atom. The molecule has 192 valence electrons. The van der Waals surface area contributed by atoms with E-state index in [0.717, 1.165) is 35.0 Å². The number of hydrogen-bond donors (Lipinski definition) is 4. The normalized spacial score (nSPS) is 18.4. The highest BCUT2D eigenvalue weighted by molar-refractivity contribution is 9.10. The summed E-state index contributed by atoms with van der Waals surface area (Å²) in [5.41, 5.74) is 7.79. The van der Waals surface area contributed by atoms with Crippen molar-refractivity contribution in [1.29, 1.82) is 0 Å². The number of halogens is 3. The van der Waals surface area contributed by atoms with Crippen molar-refractivity contribution in [2.75, 3.05) is 5.32 Å². The quantitative estimate of drug-likeness (QED) is 0.233. The first-order chi connectivity index (χ1) is 16.9. The zero-order chi connectivity index (χ0) is 26.2. The van der Waals surface area contributed by atoms with Crippen LogP contribution in [0.25, 0.3) is 5.52 Å². The van der Waals surface area contributed by atoms with Crippen molar-refractivity contribution in [2.45, 2.75) is 57.7 Å². The van der Waals surface area contributed by atoms with Crippen LogP contribution in [0, 0.1) is 5.82 Å². The number of ether oxygens (including phenoxy) is 1. The number of amides is 1. The van der Waals surface area contributed by atoms with Crippen molar-refractivity contribution >= 4 is 56.4 Å². The first-order valence-electron chi connectivity index (χ1n) is 11.3. The van der Waals surface area contributed by atoms with Crippen LogP contribution in [0.3, 0.4) is 0 Å². The van der Waals surface area contributed by atoms with Crippen LogP contribution in [-0.2, 0) is 4.74 Å². The zero-order valence-corrected chi connectivity index (χ0v) is 22.3. The summed E-state index contributed by atoms with van der Waals surface area (Å²) in [4.78, 5) is 16.5. The van der Waals surface area contributed by atoms with Crippen molar-refractivity contribution in [1.82, 2.24) is 14.9 Å². The van der Waals surface area contributed by atoms with Gasteiger partial charge in [0.05, 0.1) is 33.7 Å². The first-order valence-corrected chi connectivity index (χ1v) is 12.5. The highest BCUT2D eigenvalue weighted by Gasteiger charge is 2.29. The van der Waals surface area contributed by atoms with Gasteiger partial charge in [0, 0.05) is 34.9 Å². The summed E-state index contributed by atoms with van der Waals surface area (Å²) in [7, 11) is 0. The van der Waals surface area contributed by atoms with Crippen LogP contribution < -0.4 is 16.4 Å². The molecule has 1 amide bonds. The molecule has 1 fully saturated rings. The number of nitrogens with one attached hydrogen (secondary N) is 2. The third kappa shape index (κ3) is 6.01. The average Bonchev–Trinajstić information content (AvgIpc) is 3.36. The molecule has 3 aromatic rings. The molecule has 36 heavy (non-hydrogen) atoms.